The van der Waals surface area contributed by atoms with Gasteiger partial charge in [0, 0.05) is 32.8 Å². The number of rotatable bonds is 2. The summed E-state index contributed by atoms with van der Waals surface area (Å²) in [5.74, 6) is 0.638. The molecule has 2 aliphatic heterocycles. The van der Waals surface area contributed by atoms with E-state index < -0.39 is 0 Å². The predicted octanol–water partition coefficient (Wildman–Crippen LogP) is 4.81. The molecule has 2 heterocycles. The number of hydrogen-bond donors (Lipinski definition) is 1. The highest BCUT2D eigenvalue weighted by molar-refractivity contribution is 9.10. The summed E-state index contributed by atoms with van der Waals surface area (Å²) in [4.78, 5) is 5.08. The SMILES string of the molecule is CN1CCC2Nc3c(Sc4ccc(Br)cc4)cccc3C2C1. The molecule has 1 N–H and O–H groups in total. The van der Waals surface area contributed by atoms with Gasteiger partial charge in [0.2, 0.25) is 0 Å². The van der Waals surface area contributed by atoms with Gasteiger partial charge in [0.05, 0.1) is 5.69 Å². The van der Waals surface area contributed by atoms with Gasteiger partial charge in [-0.05, 0) is 55.9 Å². The number of halogens is 1. The number of benzene rings is 2. The zero-order chi connectivity index (χ0) is 15.1. The number of likely N-dealkylation sites (tertiary alicyclic amines) is 1. The molecule has 0 radical (unpaired) electrons. The molecule has 2 unspecified atom stereocenters. The number of para-hydroxylation sites is 1. The van der Waals surface area contributed by atoms with Gasteiger partial charge in [-0.3, -0.25) is 0 Å². The minimum Gasteiger partial charge on any atom is -0.380 e. The van der Waals surface area contributed by atoms with Crippen LogP contribution in [0.2, 0.25) is 0 Å². The summed E-state index contributed by atoms with van der Waals surface area (Å²) in [6, 6.07) is 15.9. The predicted molar refractivity (Wildman–Crippen MR) is 97.0 cm³/mol. The second-order valence-corrected chi connectivity index (χ2v) is 8.22. The van der Waals surface area contributed by atoms with Crippen LogP contribution in [0.15, 0.2) is 56.7 Å². The molecule has 2 aliphatic rings. The van der Waals surface area contributed by atoms with Gasteiger partial charge in [-0.15, -0.1) is 0 Å². The summed E-state index contributed by atoms with van der Waals surface area (Å²) >= 11 is 5.35. The normalized spacial score (nSPS) is 23.7. The largest absolute Gasteiger partial charge is 0.380 e. The van der Waals surface area contributed by atoms with Crippen LogP contribution in [0.1, 0.15) is 17.9 Å². The molecule has 0 aromatic heterocycles. The molecule has 2 nitrogen and oxygen atoms in total. The van der Waals surface area contributed by atoms with Crippen molar-refractivity contribution in [1.82, 2.24) is 4.90 Å². The van der Waals surface area contributed by atoms with Crippen LogP contribution in [-0.4, -0.2) is 31.1 Å². The zero-order valence-corrected chi connectivity index (χ0v) is 15.0. The number of nitrogens with one attached hydrogen (secondary N) is 1. The molecule has 2 aromatic carbocycles. The fraction of sp³-hybridized carbons (Fsp3) is 0.333. The van der Waals surface area contributed by atoms with Crippen LogP contribution in [0.3, 0.4) is 0 Å². The molecule has 1 saturated heterocycles. The van der Waals surface area contributed by atoms with E-state index in [2.05, 4.69) is 75.7 Å². The van der Waals surface area contributed by atoms with Crippen LogP contribution in [0.5, 0.6) is 0 Å². The lowest BCUT2D eigenvalue weighted by atomic mass is 9.90. The summed E-state index contributed by atoms with van der Waals surface area (Å²) in [5.41, 5.74) is 2.86. The molecule has 0 amide bonds. The second-order valence-electron chi connectivity index (χ2n) is 6.18. The monoisotopic (exact) mass is 374 g/mol. The van der Waals surface area contributed by atoms with Crippen LogP contribution < -0.4 is 5.32 Å². The Morgan fingerprint density at radius 1 is 1.18 bits per heavy atom. The first-order valence-electron chi connectivity index (χ1n) is 7.72. The Hall–Kier alpha value is -0.970. The third kappa shape index (κ3) is 2.68. The van der Waals surface area contributed by atoms with Crippen molar-refractivity contribution < 1.29 is 0 Å². The van der Waals surface area contributed by atoms with Crippen molar-refractivity contribution in [2.75, 3.05) is 25.5 Å². The molecule has 0 bridgehead atoms. The van der Waals surface area contributed by atoms with Gasteiger partial charge >= 0.3 is 0 Å². The van der Waals surface area contributed by atoms with E-state index in [-0.39, 0.29) is 0 Å². The minimum absolute atomic E-state index is 0.609. The number of piperidine rings is 1. The zero-order valence-electron chi connectivity index (χ0n) is 12.6. The van der Waals surface area contributed by atoms with E-state index in [1.54, 1.807) is 0 Å². The molecule has 4 heteroatoms. The third-order valence-corrected chi connectivity index (χ3v) is 6.24. The van der Waals surface area contributed by atoms with Crippen molar-refractivity contribution in [3.05, 3.63) is 52.5 Å². The van der Waals surface area contributed by atoms with Crippen LogP contribution in [0.4, 0.5) is 5.69 Å². The molecule has 1 fully saturated rings. The van der Waals surface area contributed by atoms with Gasteiger partial charge in [-0.1, -0.05) is 39.8 Å². The van der Waals surface area contributed by atoms with Crippen LogP contribution in [-0.2, 0) is 0 Å². The molecular weight excluding hydrogens is 356 g/mol. The number of anilines is 1. The van der Waals surface area contributed by atoms with E-state index in [0.29, 0.717) is 12.0 Å². The first-order chi connectivity index (χ1) is 10.7. The minimum atomic E-state index is 0.609. The van der Waals surface area contributed by atoms with E-state index in [1.807, 2.05) is 11.8 Å². The van der Waals surface area contributed by atoms with Gasteiger partial charge in [-0.25, -0.2) is 0 Å². The Labute approximate surface area is 144 Å². The topological polar surface area (TPSA) is 15.3 Å². The Morgan fingerprint density at radius 3 is 2.82 bits per heavy atom. The molecule has 2 aromatic rings. The van der Waals surface area contributed by atoms with Crippen molar-refractivity contribution in [1.29, 1.82) is 0 Å². The van der Waals surface area contributed by atoms with Gasteiger partial charge < -0.3 is 10.2 Å². The van der Waals surface area contributed by atoms with Crippen molar-refractivity contribution in [3.63, 3.8) is 0 Å². The van der Waals surface area contributed by atoms with Gasteiger partial charge in [0.1, 0.15) is 0 Å². The fourth-order valence-electron chi connectivity index (χ4n) is 3.51. The van der Waals surface area contributed by atoms with Crippen molar-refractivity contribution >= 4 is 33.4 Å². The van der Waals surface area contributed by atoms with Crippen molar-refractivity contribution in [3.8, 4) is 0 Å². The highest BCUT2D eigenvalue weighted by Gasteiger charge is 2.36. The third-order valence-electron chi connectivity index (χ3n) is 4.65. The average molecular weight is 375 g/mol. The number of fused-ring (bicyclic) bond motifs is 3. The highest BCUT2D eigenvalue weighted by atomic mass is 79.9. The van der Waals surface area contributed by atoms with Crippen LogP contribution in [0.25, 0.3) is 0 Å². The summed E-state index contributed by atoms with van der Waals surface area (Å²) in [6.45, 7) is 2.36. The molecule has 0 spiro atoms. The molecule has 0 saturated carbocycles. The van der Waals surface area contributed by atoms with E-state index in [4.69, 9.17) is 0 Å². The van der Waals surface area contributed by atoms with E-state index in [1.165, 1.54) is 34.0 Å². The van der Waals surface area contributed by atoms with Crippen molar-refractivity contribution in [2.45, 2.75) is 28.2 Å². The average Bonchev–Trinajstić information content (AvgIpc) is 2.89. The number of hydrogen-bond acceptors (Lipinski definition) is 3. The maximum Gasteiger partial charge on any atom is 0.0521 e. The Balaban J connectivity index is 1.65. The lowest BCUT2D eigenvalue weighted by Gasteiger charge is -2.32. The standard InChI is InChI=1S/C18H19BrN2S/c1-21-10-9-16-15(11-21)14-3-2-4-17(18(14)20-16)22-13-7-5-12(19)6-8-13/h2-8,15-16,20H,9-11H2,1H3. The first kappa shape index (κ1) is 14.6. The first-order valence-corrected chi connectivity index (χ1v) is 9.33. The van der Waals surface area contributed by atoms with Crippen LogP contribution in [0, 0.1) is 0 Å². The Kier molecular flexibility index (Phi) is 3.93. The van der Waals surface area contributed by atoms with Crippen LogP contribution >= 0.6 is 27.7 Å². The fourth-order valence-corrected chi connectivity index (χ4v) is 4.73. The maximum absolute atomic E-state index is 3.80. The molecule has 0 aliphatic carbocycles. The number of nitrogens with zero attached hydrogens (tertiary/aromatic N) is 1. The quantitative estimate of drug-likeness (QED) is 0.811. The van der Waals surface area contributed by atoms with Crippen molar-refractivity contribution in [2.24, 2.45) is 0 Å². The van der Waals surface area contributed by atoms with E-state index in [9.17, 15) is 0 Å². The smallest absolute Gasteiger partial charge is 0.0521 e. The molecular formula is C18H19BrN2S. The Bertz CT molecular complexity index is 686. The summed E-state index contributed by atoms with van der Waals surface area (Å²) in [7, 11) is 2.23. The second kappa shape index (κ2) is 5.91. The van der Waals surface area contributed by atoms with Gasteiger partial charge in [-0.2, -0.15) is 0 Å². The summed E-state index contributed by atoms with van der Waals surface area (Å²) < 4.78 is 1.13. The lowest BCUT2D eigenvalue weighted by Crippen LogP contribution is -2.39. The number of likely N-dealkylation sites (N-methyl/N-ethyl adjacent to an activating group) is 1. The van der Waals surface area contributed by atoms with Gasteiger partial charge in [0.25, 0.3) is 0 Å². The maximum atomic E-state index is 3.80. The highest BCUT2D eigenvalue weighted by Crippen LogP contribution is 2.46. The lowest BCUT2D eigenvalue weighted by molar-refractivity contribution is 0.243. The van der Waals surface area contributed by atoms with Gasteiger partial charge in [0.15, 0.2) is 0 Å². The summed E-state index contributed by atoms with van der Waals surface area (Å²) in [5, 5.41) is 3.80. The van der Waals surface area contributed by atoms with E-state index in [0.717, 1.165) is 11.0 Å². The summed E-state index contributed by atoms with van der Waals surface area (Å²) in [6.07, 6.45) is 1.23. The molecule has 114 valence electrons. The van der Waals surface area contributed by atoms with E-state index >= 15 is 0 Å². The Morgan fingerprint density at radius 2 is 2.00 bits per heavy atom. The molecule has 22 heavy (non-hydrogen) atoms. The molecule has 2 atom stereocenters. The molecule has 4 rings (SSSR count).